The lowest BCUT2D eigenvalue weighted by Gasteiger charge is -2.37. The molecule has 0 aliphatic heterocycles. The van der Waals surface area contributed by atoms with E-state index in [0.29, 0.717) is 0 Å². The first kappa shape index (κ1) is 26.4. The van der Waals surface area contributed by atoms with E-state index in [1.54, 1.807) is 0 Å². The third-order valence-corrected chi connectivity index (χ3v) is 7.49. The Labute approximate surface area is 196 Å². The molecule has 0 aromatic heterocycles. The summed E-state index contributed by atoms with van der Waals surface area (Å²) in [7, 11) is 1.00. The van der Waals surface area contributed by atoms with E-state index < -0.39 is 0 Å². The summed E-state index contributed by atoms with van der Waals surface area (Å²) in [5.41, 5.74) is 17.0. The summed E-state index contributed by atoms with van der Waals surface area (Å²) in [5, 5.41) is 7.00. The molecule has 0 bridgehead atoms. The lowest BCUT2D eigenvalue weighted by molar-refractivity contribution is 0.165. The molecule has 3 heteroatoms. The van der Waals surface area contributed by atoms with E-state index in [0.717, 1.165) is 48.6 Å². The smallest absolute Gasteiger partial charge is 0.0349 e. The lowest BCUT2D eigenvalue weighted by Crippen LogP contribution is -2.24. The number of aliphatic hydroxyl groups is 1. The van der Waals surface area contributed by atoms with Crippen molar-refractivity contribution in [2.45, 2.75) is 78.1 Å². The molecule has 0 amide bonds. The molecule has 2 aromatic rings. The molecule has 2 aromatic carbocycles. The van der Waals surface area contributed by atoms with Crippen molar-refractivity contribution in [1.29, 1.82) is 0 Å². The molecular weight excluding hydrogens is 392 g/mol. The number of anilines is 1. The van der Waals surface area contributed by atoms with Crippen LogP contribution in [0.1, 0.15) is 82.3 Å². The van der Waals surface area contributed by atoms with Crippen LogP contribution in [0.25, 0.3) is 11.1 Å². The second-order valence-electron chi connectivity index (χ2n) is 9.73. The van der Waals surface area contributed by atoms with Crippen LogP contribution in [0.3, 0.4) is 0 Å². The van der Waals surface area contributed by atoms with Gasteiger partial charge in [0.25, 0.3) is 0 Å². The molecule has 2 aliphatic rings. The predicted octanol–water partition coefficient (Wildman–Crippen LogP) is 6.92. The molecule has 2 aliphatic carbocycles. The van der Waals surface area contributed by atoms with Gasteiger partial charge in [0.1, 0.15) is 0 Å². The minimum absolute atomic E-state index is 0.750. The molecule has 2 fully saturated rings. The number of rotatable bonds is 3. The van der Waals surface area contributed by atoms with E-state index in [2.05, 4.69) is 56.3 Å². The van der Waals surface area contributed by atoms with Gasteiger partial charge in [-0.15, -0.1) is 0 Å². The molecule has 0 unspecified atom stereocenters. The topological polar surface area (TPSA) is 72.3 Å². The van der Waals surface area contributed by atoms with Crippen molar-refractivity contribution in [1.82, 2.24) is 0 Å². The molecule has 0 atom stereocenters. The Kier molecular flexibility index (Phi) is 11.3. The average Bonchev–Trinajstić information content (AvgIpc) is 2.83. The van der Waals surface area contributed by atoms with Crippen molar-refractivity contribution in [3.63, 3.8) is 0 Å². The zero-order valence-corrected chi connectivity index (χ0v) is 20.8. The fraction of sp³-hybridized carbons (Fsp3) is 0.586. The molecule has 3 nitrogen and oxygen atoms in total. The number of nitrogen functional groups attached to an aromatic ring is 1. The van der Waals surface area contributed by atoms with Crippen LogP contribution in [-0.2, 0) is 0 Å². The first-order valence-electron chi connectivity index (χ1n) is 12.6. The highest BCUT2D eigenvalue weighted by molar-refractivity contribution is 5.69. The normalized spacial score (nSPS) is 25.1. The van der Waals surface area contributed by atoms with E-state index >= 15 is 0 Å². The Balaban J connectivity index is 0.000000671. The van der Waals surface area contributed by atoms with Crippen molar-refractivity contribution >= 4 is 5.69 Å². The first-order valence-corrected chi connectivity index (χ1v) is 12.6. The Morgan fingerprint density at radius 3 is 1.75 bits per heavy atom. The van der Waals surface area contributed by atoms with Gasteiger partial charge in [-0.2, -0.15) is 0 Å². The third kappa shape index (κ3) is 7.35. The van der Waals surface area contributed by atoms with Crippen LogP contribution in [-0.4, -0.2) is 18.8 Å². The van der Waals surface area contributed by atoms with Gasteiger partial charge in [-0.05, 0) is 104 Å². The highest BCUT2D eigenvalue weighted by Gasteiger charge is 2.30. The van der Waals surface area contributed by atoms with Crippen LogP contribution < -0.4 is 11.5 Å². The highest BCUT2D eigenvalue weighted by atomic mass is 16.2. The van der Waals surface area contributed by atoms with E-state index in [1.807, 2.05) is 6.92 Å². The molecule has 5 N–H and O–H groups in total. The number of nitrogens with two attached hydrogens (primary N) is 2. The summed E-state index contributed by atoms with van der Waals surface area (Å²) in [6.07, 6.45) is 11.6. The van der Waals surface area contributed by atoms with E-state index in [1.165, 1.54) is 68.1 Å². The lowest BCUT2D eigenvalue weighted by atomic mass is 9.68. The maximum atomic E-state index is 7.00. The summed E-state index contributed by atoms with van der Waals surface area (Å²) in [5.74, 6) is 3.76. The van der Waals surface area contributed by atoms with Crippen molar-refractivity contribution in [3.05, 3.63) is 53.6 Å². The van der Waals surface area contributed by atoms with Crippen molar-refractivity contribution in [2.75, 3.05) is 19.4 Å². The minimum atomic E-state index is 0.750. The van der Waals surface area contributed by atoms with E-state index in [9.17, 15) is 0 Å². The summed E-state index contributed by atoms with van der Waals surface area (Å²) in [6.45, 7) is 7.15. The number of benzene rings is 2. The molecule has 178 valence electrons. The molecule has 0 saturated heterocycles. The summed E-state index contributed by atoms with van der Waals surface area (Å²) in [6, 6.07) is 15.7. The third-order valence-electron chi connectivity index (χ3n) is 7.49. The van der Waals surface area contributed by atoms with Crippen LogP contribution in [0.4, 0.5) is 5.69 Å². The molecule has 2 saturated carbocycles. The van der Waals surface area contributed by atoms with E-state index in [4.69, 9.17) is 16.6 Å². The minimum Gasteiger partial charge on any atom is -0.400 e. The molecule has 32 heavy (non-hydrogen) atoms. The molecule has 4 rings (SSSR count). The van der Waals surface area contributed by atoms with Crippen molar-refractivity contribution < 1.29 is 5.11 Å². The number of aryl methyl sites for hydroxylation is 1. The van der Waals surface area contributed by atoms with Crippen molar-refractivity contribution in [2.24, 2.45) is 23.5 Å². The SMILES string of the molecule is CCN.CO.Cc1ccc(-c2ccc(C3CCC(C4CCC(C)CC4)CC3)cc2)cc1N. The van der Waals surface area contributed by atoms with Gasteiger partial charge in [-0.25, -0.2) is 0 Å². The Morgan fingerprint density at radius 2 is 1.25 bits per heavy atom. The van der Waals surface area contributed by atoms with Gasteiger partial charge >= 0.3 is 0 Å². The Morgan fingerprint density at radius 1 is 0.781 bits per heavy atom. The zero-order valence-electron chi connectivity index (χ0n) is 20.8. The summed E-state index contributed by atoms with van der Waals surface area (Å²) in [4.78, 5) is 0. The van der Waals surface area contributed by atoms with Crippen LogP contribution in [0, 0.1) is 24.7 Å². The van der Waals surface area contributed by atoms with Gasteiger partial charge in [0.05, 0.1) is 0 Å². The van der Waals surface area contributed by atoms with Crippen molar-refractivity contribution in [3.8, 4) is 11.1 Å². The van der Waals surface area contributed by atoms with Gasteiger partial charge in [-0.1, -0.05) is 63.1 Å². The molecule has 0 radical (unpaired) electrons. The largest absolute Gasteiger partial charge is 0.400 e. The molecular formula is C29H46N2O. The maximum absolute atomic E-state index is 7.00. The predicted molar refractivity (Wildman–Crippen MR) is 140 cm³/mol. The zero-order chi connectivity index (χ0) is 23.5. The van der Waals surface area contributed by atoms with E-state index in [-0.39, 0.29) is 0 Å². The molecule has 0 spiro atoms. The van der Waals surface area contributed by atoms with Gasteiger partial charge < -0.3 is 16.6 Å². The average molecular weight is 439 g/mol. The monoisotopic (exact) mass is 438 g/mol. The highest BCUT2D eigenvalue weighted by Crippen LogP contribution is 2.44. The van der Waals surface area contributed by atoms with Gasteiger partial charge in [0.15, 0.2) is 0 Å². The number of hydrogen-bond acceptors (Lipinski definition) is 3. The fourth-order valence-corrected chi connectivity index (χ4v) is 5.45. The number of hydrogen-bond donors (Lipinski definition) is 3. The summed E-state index contributed by atoms with van der Waals surface area (Å²) >= 11 is 0. The maximum Gasteiger partial charge on any atom is 0.0349 e. The summed E-state index contributed by atoms with van der Waals surface area (Å²) < 4.78 is 0. The van der Waals surface area contributed by atoms with Crippen LogP contribution >= 0.6 is 0 Å². The first-order chi connectivity index (χ1) is 15.5. The Hall–Kier alpha value is -1.84. The number of aliphatic hydroxyl groups excluding tert-OH is 1. The van der Waals surface area contributed by atoms with Crippen LogP contribution in [0.15, 0.2) is 42.5 Å². The van der Waals surface area contributed by atoms with Gasteiger partial charge in [-0.3, -0.25) is 0 Å². The van der Waals surface area contributed by atoms with Gasteiger partial charge in [0, 0.05) is 12.8 Å². The quantitative estimate of drug-likeness (QED) is 0.455. The Bertz CT molecular complexity index is 770. The fourth-order valence-electron chi connectivity index (χ4n) is 5.45. The second kappa shape index (κ2) is 13.6. The van der Waals surface area contributed by atoms with Gasteiger partial charge in [0.2, 0.25) is 0 Å². The van der Waals surface area contributed by atoms with Crippen LogP contribution in [0.2, 0.25) is 0 Å². The second-order valence-corrected chi connectivity index (χ2v) is 9.73. The standard InChI is InChI=1S/C26H35N.C2H7N.CH4O/c1-18-3-6-20(7-4-18)21-9-11-22(12-10-21)23-13-15-24(16-14-23)25-8-5-19(2)26(27)17-25;1-2-3;1-2/h5,8,13-18,20-22H,3-4,6-7,9-12,27H2,1-2H3;2-3H2,1H3;2H,1H3. The van der Waals surface area contributed by atoms with Crippen LogP contribution in [0.5, 0.6) is 0 Å². The molecule has 0 heterocycles.